The maximum absolute atomic E-state index is 13.9. The van der Waals surface area contributed by atoms with E-state index in [1.54, 1.807) is 24.8 Å². The third-order valence-corrected chi connectivity index (χ3v) is 4.67. The number of halogens is 1. The van der Waals surface area contributed by atoms with Crippen molar-refractivity contribution in [2.45, 2.75) is 32.2 Å². The molecule has 0 aliphatic carbocycles. The summed E-state index contributed by atoms with van der Waals surface area (Å²) < 4.78 is 13.9. The minimum atomic E-state index is -0.644. The van der Waals surface area contributed by atoms with Gasteiger partial charge in [-0.2, -0.15) is 0 Å². The van der Waals surface area contributed by atoms with Crippen molar-refractivity contribution in [3.8, 4) is 0 Å². The highest BCUT2D eigenvalue weighted by Crippen LogP contribution is 2.26. The summed E-state index contributed by atoms with van der Waals surface area (Å²) >= 11 is 0. The van der Waals surface area contributed by atoms with E-state index in [0.29, 0.717) is 25.1 Å². The smallest absolute Gasteiger partial charge is 0.232 e. The van der Waals surface area contributed by atoms with Crippen LogP contribution >= 0.6 is 0 Å². The highest BCUT2D eigenvalue weighted by Gasteiger charge is 2.33. The number of amides is 2. The molecule has 2 rings (SSSR count). The van der Waals surface area contributed by atoms with Gasteiger partial charge in [-0.05, 0) is 31.7 Å². The van der Waals surface area contributed by atoms with Crippen LogP contribution in [-0.4, -0.2) is 60.9 Å². The Balaban J connectivity index is 2.28. The normalized spacial score (nSPS) is 17.8. The lowest BCUT2D eigenvalue weighted by molar-refractivity contribution is -0.135. The van der Waals surface area contributed by atoms with Gasteiger partial charge in [0.2, 0.25) is 11.8 Å². The molecule has 2 amide bonds. The number of likely N-dealkylation sites (N-methyl/N-ethyl adjacent to an activating group) is 1. The summed E-state index contributed by atoms with van der Waals surface area (Å²) in [6.07, 6.45) is 0.329. The summed E-state index contributed by atoms with van der Waals surface area (Å²) in [5.74, 6) is -1.43. The van der Waals surface area contributed by atoms with Gasteiger partial charge in [-0.15, -0.1) is 0 Å². The molecule has 1 aliphatic heterocycles. The fourth-order valence-corrected chi connectivity index (χ4v) is 3.04. The monoisotopic (exact) mass is 350 g/mol. The van der Waals surface area contributed by atoms with Crippen molar-refractivity contribution < 1.29 is 14.0 Å². The van der Waals surface area contributed by atoms with E-state index < -0.39 is 17.8 Å². The molecule has 1 saturated heterocycles. The molecule has 1 aromatic carbocycles. The van der Waals surface area contributed by atoms with Crippen molar-refractivity contribution in [1.29, 1.82) is 0 Å². The number of rotatable bonds is 5. The number of hydrogen-bond acceptors (Lipinski definition) is 4. The quantitative estimate of drug-likeness (QED) is 0.782. The molecule has 0 bridgehead atoms. The molecule has 7 heteroatoms. The molecule has 0 saturated carbocycles. The van der Waals surface area contributed by atoms with Crippen LogP contribution in [0, 0.1) is 5.82 Å². The van der Waals surface area contributed by atoms with Crippen molar-refractivity contribution in [3.63, 3.8) is 0 Å². The third kappa shape index (κ3) is 4.69. The number of hydrogen-bond donors (Lipinski definition) is 2. The minimum absolute atomic E-state index is 0.0415. The molecule has 0 unspecified atom stereocenters. The Labute approximate surface area is 148 Å². The average molecular weight is 350 g/mol. The minimum Gasteiger partial charge on any atom is -0.396 e. The lowest BCUT2D eigenvalue weighted by Gasteiger charge is -2.36. The molecular weight excluding hydrogens is 323 g/mol. The maximum Gasteiger partial charge on any atom is 0.232 e. The molecule has 0 radical (unpaired) electrons. The van der Waals surface area contributed by atoms with Crippen LogP contribution in [0.25, 0.3) is 0 Å². The van der Waals surface area contributed by atoms with Gasteiger partial charge in [0, 0.05) is 38.6 Å². The average Bonchev–Trinajstić information content (AvgIpc) is 2.58. The van der Waals surface area contributed by atoms with E-state index in [1.165, 1.54) is 12.1 Å². The zero-order chi connectivity index (χ0) is 18.6. The lowest BCUT2D eigenvalue weighted by Crippen LogP contribution is -2.51. The van der Waals surface area contributed by atoms with E-state index in [-0.39, 0.29) is 17.5 Å². The molecule has 2 atom stereocenters. The van der Waals surface area contributed by atoms with Gasteiger partial charge in [-0.25, -0.2) is 4.39 Å². The molecule has 138 valence electrons. The van der Waals surface area contributed by atoms with Crippen molar-refractivity contribution in [2.24, 2.45) is 0 Å². The van der Waals surface area contributed by atoms with Crippen LogP contribution in [0.2, 0.25) is 0 Å². The highest BCUT2D eigenvalue weighted by atomic mass is 19.1. The zero-order valence-electron chi connectivity index (χ0n) is 15.1. The van der Waals surface area contributed by atoms with E-state index in [2.05, 4.69) is 10.2 Å². The van der Waals surface area contributed by atoms with Gasteiger partial charge in [-0.1, -0.05) is 13.0 Å². The van der Waals surface area contributed by atoms with Crippen LogP contribution in [0.3, 0.4) is 0 Å². The standard InChI is InChI=1S/C18H27FN4O2/c1-4-16(24)21-12(2)17(13-5-6-15(20)14(19)11-13)18(25)23-9-7-22(3)8-10-23/h5-6,11-12,17H,4,7-10,20H2,1-3H3,(H,21,24)/t12-,17-/m1/s1. The second-order valence-electron chi connectivity index (χ2n) is 6.60. The molecule has 25 heavy (non-hydrogen) atoms. The number of piperazine rings is 1. The number of anilines is 1. The molecule has 0 spiro atoms. The fraction of sp³-hybridized carbons (Fsp3) is 0.556. The second kappa shape index (κ2) is 8.29. The lowest BCUT2D eigenvalue weighted by atomic mass is 9.90. The second-order valence-corrected chi connectivity index (χ2v) is 6.60. The van der Waals surface area contributed by atoms with Crippen LogP contribution in [0.1, 0.15) is 31.7 Å². The Morgan fingerprint density at radius 1 is 1.28 bits per heavy atom. The Morgan fingerprint density at radius 2 is 1.92 bits per heavy atom. The van der Waals surface area contributed by atoms with E-state index in [1.807, 2.05) is 7.05 Å². The Kier molecular flexibility index (Phi) is 6.36. The maximum atomic E-state index is 13.9. The first-order valence-corrected chi connectivity index (χ1v) is 8.65. The largest absolute Gasteiger partial charge is 0.396 e. The van der Waals surface area contributed by atoms with E-state index >= 15 is 0 Å². The van der Waals surface area contributed by atoms with Gasteiger partial charge in [0.1, 0.15) is 5.82 Å². The first-order chi connectivity index (χ1) is 11.8. The van der Waals surface area contributed by atoms with Crippen LogP contribution < -0.4 is 11.1 Å². The summed E-state index contributed by atoms with van der Waals surface area (Å²) in [7, 11) is 2.01. The summed E-state index contributed by atoms with van der Waals surface area (Å²) in [5, 5.41) is 2.84. The first-order valence-electron chi connectivity index (χ1n) is 8.65. The summed E-state index contributed by atoms with van der Waals surface area (Å²) in [5.41, 5.74) is 6.12. The fourth-order valence-electron chi connectivity index (χ4n) is 3.04. The number of nitrogens with two attached hydrogens (primary N) is 1. The van der Waals surface area contributed by atoms with E-state index in [0.717, 1.165) is 13.1 Å². The summed E-state index contributed by atoms with van der Waals surface area (Å²) in [4.78, 5) is 28.8. The number of carbonyl (C=O) groups excluding carboxylic acids is 2. The van der Waals surface area contributed by atoms with Crippen molar-refractivity contribution in [1.82, 2.24) is 15.1 Å². The molecule has 0 aromatic heterocycles. The van der Waals surface area contributed by atoms with Crippen LogP contribution in [0.5, 0.6) is 0 Å². The van der Waals surface area contributed by atoms with Crippen LogP contribution in [-0.2, 0) is 9.59 Å². The number of nitrogens with zero attached hydrogens (tertiary/aromatic N) is 2. The number of nitrogens with one attached hydrogen (secondary N) is 1. The predicted octanol–water partition coefficient (Wildman–Crippen LogP) is 1.18. The van der Waals surface area contributed by atoms with Gasteiger partial charge in [0.15, 0.2) is 0 Å². The van der Waals surface area contributed by atoms with Crippen molar-refractivity contribution in [3.05, 3.63) is 29.6 Å². The third-order valence-electron chi connectivity index (χ3n) is 4.67. The zero-order valence-corrected chi connectivity index (χ0v) is 15.1. The Bertz CT molecular complexity index is 630. The summed E-state index contributed by atoms with van der Waals surface area (Å²) in [6.45, 7) is 6.37. The molecule has 6 nitrogen and oxygen atoms in total. The molecular formula is C18H27FN4O2. The Hall–Kier alpha value is -2.15. The SMILES string of the molecule is CCC(=O)N[C@H](C)[C@@H](C(=O)N1CCN(C)CC1)c1ccc(N)c(F)c1. The number of nitrogen functional groups attached to an aromatic ring is 1. The van der Waals surface area contributed by atoms with Crippen LogP contribution in [0.15, 0.2) is 18.2 Å². The molecule has 1 aromatic rings. The van der Waals surface area contributed by atoms with Gasteiger partial charge < -0.3 is 20.9 Å². The van der Waals surface area contributed by atoms with Gasteiger partial charge in [0.05, 0.1) is 11.6 Å². The summed E-state index contributed by atoms with van der Waals surface area (Å²) in [6, 6.07) is 3.97. The topological polar surface area (TPSA) is 78.7 Å². The van der Waals surface area contributed by atoms with E-state index in [9.17, 15) is 14.0 Å². The first kappa shape index (κ1) is 19.2. The van der Waals surface area contributed by atoms with E-state index in [4.69, 9.17) is 5.73 Å². The highest BCUT2D eigenvalue weighted by molar-refractivity contribution is 5.86. The van der Waals surface area contributed by atoms with Crippen molar-refractivity contribution >= 4 is 17.5 Å². The number of benzene rings is 1. The molecule has 3 N–H and O–H groups in total. The Morgan fingerprint density at radius 3 is 2.48 bits per heavy atom. The van der Waals surface area contributed by atoms with Gasteiger partial charge in [0.25, 0.3) is 0 Å². The molecule has 1 aliphatic rings. The van der Waals surface area contributed by atoms with Crippen molar-refractivity contribution in [2.75, 3.05) is 39.0 Å². The number of carbonyl (C=O) groups is 2. The van der Waals surface area contributed by atoms with Gasteiger partial charge in [-0.3, -0.25) is 9.59 Å². The predicted molar refractivity (Wildman–Crippen MR) is 95.5 cm³/mol. The molecule has 1 fully saturated rings. The van der Waals surface area contributed by atoms with Crippen LogP contribution in [0.4, 0.5) is 10.1 Å². The van der Waals surface area contributed by atoms with Gasteiger partial charge >= 0.3 is 0 Å². The molecule has 1 heterocycles.